The predicted molar refractivity (Wildman–Crippen MR) is 65.1 cm³/mol. The molecule has 0 saturated carbocycles. The Morgan fingerprint density at radius 3 is 2.83 bits per heavy atom. The van der Waals surface area contributed by atoms with Gasteiger partial charge < -0.3 is 5.32 Å². The van der Waals surface area contributed by atoms with Crippen LogP contribution in [0.1, 0.15) is 18.4 Å². The highest BCUT2D eigenvalue weighted by atomic mass is 16.6. The van der Waals surface area contributed by atoms with Gasteiger partial charge in [-0.05, 0) is 12.0 Å². The van der Waals surface area contributed by atoms with Crippen molar-refractivity contribution in [3.05, 3.63) is 35.9 Å². The third-order valence-corrected chi connectivity index (χ3v) is 2.89. The van der Waals surface area contributed by atoms with E-state index < -0.39 is 0 Å². The van der Waals surface area contributed by atoms with Crippen molar-refractivity contribution in [2.45, 2.75) is 19.4 Å². The van der Waals surface area contributed by atoms with Gasteiger partial charge in [0, 0.05) is 13.0 Å². The molecule has 1 aromatic carbocycles. The Morgan fingerprint density at radius 2 is 2.17 bits per heavy atom. The van der Waals surface area contributed by atoms with E-state index in [4.69, 9.17) is 4.84 Å². The number of piperidine rings is 1. The standard InChI is InChI=1S/C13H16N2O3/c16-12-7-6-11(8-14-12)13(17)15-18-9-10-4-2-1-3-5-10/h1-5,11H,6-9H2,(H,14,16)(H,15,17). The van der Waals surface area contributed by atoms with Gasteiger partial charge in [-0.3, -0.25) is 14.4 Å². The molecule has 1 aliphatic heterocycles. The van der Waals surface area contributed by atoms with Crippen LogP contribution in [-0.2, 0) is 21.0 Å². The van der Waals surface area contributed by atoms with Crippen LogP contribution < -0.4 is 10.8 Å². The summed E-state index contributed by atoms with van der Waals surface area (Å²) < 4.78 is 0. The quantitative estimate of drug-likeness (QED) is 0.773. The molecule has 2 N–H and O–H groups in total. The van der Waals surface area contributed by atoms with E-state index in [9.17, 15) is 9.59 Å². The fourth-order valence-electron chi connectivity index (χ4n) is 1.80. The zero-order valence-corrected chi connectivity index (χ0v) is 10.0. The Labute approximate surface area is 105 Å². The lowest BCUT2D eigenvalue weighted by atomic mass is 9.99. The molecule has 1 atom stereocenters. The Bertz CT molecular complexity index is 410. The fourth-order valence-corrected chi connectivity index (χ4v) is 1.80. The van der Waals surface area contributed by atoms with Crippen molar-refractivity contribution in [1.29, 1.82) is 0 Å². The largest absolute Gasteiger partial charge is 0.355 e. The van der Waals surface area contributed by atoms with Crippen LogP contribution in [0.15, 0.2) is 30.3 Å². The van der Waals surface area contributed by atoms with Crippen molar-refractivity contribution in [2.75, 3.05) is 6.54 Å². The van der Waals surface area contributed by atoms with E-state index in [1.165, 1.54) is 0 Å². The first-order valence-electron chi connectivity index (χ1n) is 5.98. The van der Waals surface area contributed by atoms with Gasteiger partial charge in [0.1, 0.15) is 0 Å². The Balaban J connectivity index is 1.70. The SMILES string of the molecule is O=C1CCC(C(=O)NOCc2ccccc2)CN1. The molecule has 0 bridgehead atoms. The average molecular weight is 248 g/mol. The maximum atomic E-state index is 11.7. The van der Waals surface area contributed by atoms with E-state index >= 15 is 0 Å². The maximum absolute atomic E-state index is 11.7. The average Bonchev–Trinajstić information content (AvgIpc) is 2.40. The van der Waals surface area contributed by atoms with E-state index in [0.717, 1.165) is 5.56 Å². The third kappa shape index (κ3) is 3.56. The van der Waals surface area contributed by atoms with Crippen LogP contribution in [0.3, 0.4) is 0 Å². The number of amides is 2. The van der Waals surface area contributed by atoms with E-state index in [1.54, 1.807) is 0 Å². The number of hydrogen-bond donors (Lipinski definition) is 2. The van der Waals surface area contributed by atoms with E-state index in [1.807, 2.05) is 30.3 Å². The van der Waals surface area contributed by atoms with Crippen LogP contribution in [0.4, 0.5) is 0 Å². The van der Waals surface area contributed by atoms with Crippen LogP contribution >= 0.6 is 0 Å². The van der Waals surface area contributed by atoms with Crippen LogP contribution in [0.2, 0.25) is 0 Å². The molecule has 2 amide bonds. The lowest BCUT2D eigenvalue weighted by molar-refractivity contribution is -0.140. The molecule has 2 rings (SSSR count). The zero-order valence-electron chi connectivity index (χ0n) is 10.0. The summed E-state index contributed by atoms with van der Waals surface area (Å²) in [6.07, 6.45) is 0.975. The molecule has 1 fully saturated rings. The molecule has 0 radical (unpaired) electrons. The van der Waals surface area contributed by atoms with Gasteiger partial charge in [-0.2, -0.15) is 0 Å². The number of hydrogen-bond acceptors (Lipinski definition) is 3. The fraction of sp³-hybridized carbons (Fsp3) is 0.385. The molecule has 5 nitrogen and oxygen atoms in total. The van der Waals surface area contributed by atoms with Crippen molar-refractivity contribution < 1.29 is 14.4 Å². The number of carbonyl (C=O) groups is 2. The van der Waals surface area contributed by atoms with E-state index in [-0.39, 0.29) is 17.7 Å². The number of carbonyl (C=O) groups excluding carboxylic acids is 2. The van der Waals surface area contributed by atoms with Crippen molar-refractivity contribution in [3.8, 4) is 0 Å². The monoisotopic (exact) mass is 248 g/mol. The molecule has 18 heavy (non-hydrogen) atoms. The van der Waals surface area contributed by atoms with Gasteiger partial charge in [0.2, 0.25) is 11.8 Å². The summed E-state index contributed by atoms with van der Waals surface area (Å²) >= 11 is 0. The van der Waals surface area contributed by atoms with E-state index in [0.29, 0.717) is 26.0 Å². The third-order valence-electron chi connectivity index (χ3n) is 2.89. The predicted octanol–water partition coefficient (Wildman–Crippen LogP) is 0.761. The smallest absolute Gasteiger partial charge is 0.248 e. The minimum atomic E-state index is -0.196. The minimum Gasteiger partial charge on any atom is -0.355 e. The van der Waals surface area contributed by atoms with Gasteiger partial charge in [-0.15, -0.1) is 0 Å². The van der Waals surface area contributed by atoms with Crippen molar-refractivity contribution in [3.63, 3.8) is 0 Å². The minimum absolute atomic E-state index is 0.00394. The number of rotatable bonds is 4. The second kappa shape index (κ2) is 6.16. The molecule has 5 heteroatoms. The highest BCUT2D eigenvalue weighted by molar-refractivity contribution is 5.83. The van der Waals surface area contributed by atoms with Gasteiger partial charge in [0.05, 0.1) is 12.5 Å². The molecule has 1 unspecified atom stereocenters. The summed E-state index contributed by atoms with van der Waals surface area (Å²) in [6, 6.07) is 9.60. The Hall–Kier alpha value is -1.88. The van der Waals surface area contributed by atoms with Gasteiger partial charge in [-0.25, -0.2) is 5.48 Å². The first-order valence-corrected chi connectivity index (χ1v) is 5.98. The first kappa shape index (κ1) is 12.6. The molecule has 1 saturated heterocycles. The summed E-state index contributed by atoms with van der Waals surface area (Å²) in [5.41, 5.74) is 3.42. The summed E-state index contributed by atoms with van der Waals surface area (Å²) in [5.74, 6) is -0.367. The lowest BCUT2D eigenvalue weighted by Crippen LogP contribution is -2.42. The lowest BCUT2D eigenvalue weighted by Gasteiger charge is -2.21. The molecule has 1 aromatic rings. The Morgan fingerprint density at radius 1 is 1.39 bits per heavy atom. The molecular formula is C13H16N2O3. The molecule has 1 aliphatic rings. The maximum Gasteiger partial charge on any atom is 0.248 e. The van der Waals surface area contributed by atoms with Gasteiger partial charge >= 0.3 is 0 Å². The number of nitrogens with one attached hydrogen (secondary N) is 2. The van der Waals surface area contributed by atoms with Crippen LogP contribution in [0, 0.1) is 5.92 Å². The summed E-state index contributed by atoms with van der Waals surface area (Å²) in [4.78, 5) is 27.8. The summed E-state index contributed by atoms with van der Waals surface area (Å²) in [6.45, 7) is 0.727. The molecule has 1 heterocycles. The van der Waals surface area contributed by atoms with Gasteiger partial charge in [0.25, 0.3) is 0 Å². The number of hydroxylamine groups is 1. The molecule has 0 aliphatic carbocycles. The second-order valence-electron chi connectivity index (χ2n) is 4.28. The molecular weight excluding hydrogens is 232 g/mol. The molecule has 0 aromatic heterocycles. The van der Waals surface area contributed by atoms with E-state index in [2.05, 4.69) is 10.8 Å². The summed E-state index contributed by atoms with van der Waals surface area (Å²) in [5, 5.41) is 2.67. The molecule has 96 valence electrons. The topological polar surface area (TPSA) is 67.4 Å². The van der Waals surface area contributed by atoms with Crippen LogP contribution in [0.5, 0.6) is 0 Å². The zero-order chi connectivity index (χ0) is 12.8. The van der Waals surface area contributed by atoms with Gasteiger partial charge in [0.15, 0.2) is 0 Å². The van der Waals surface area contributed by atoms with Crippen molar-refractivity contribution >= 4 is 11.8 Å². The van der Waals surface area contributed by atoms with Gasteiger partial charge in [-0.1, -0.05) is 30.3 Å². The highest BCUT2D eigenvalue weighted by Gasteiger charge is 2.24. The molecule has 0 spiro atoms. The first-order chi connectivity index (χ1) is 8.75. The van der Waals surface area contributed by atoms with Crippen molar-refractivity contribution in [2.24, 2.45) is 5.92 Å². The Kier molecular flexibility index (Phi) is 4.30. The van der Waals surface area contributed by atoms with Crippen LogP contribution in [0.25, 0.3) is 0 Å². The highest BCUT2D eigenvalue weighted by Crippen LogP contribution is 2.10. The summed E-state index contributed by atoms with van der Waals surface area (Å²) in [7, 11) is 0. The number of benzene rings is 1. The second-order valence-corrected chi connectivity index (χ2v) is 4.28. The van der Waals surface area contributed by atoms with Crippen LogP contribution in [-0.4, -0.2) is 18.4 Å². The normalized spacial score (nSPS) is 19.1. The van der Waals surface area contributed by atoms with Crippen molar-refractivity contribution in [1.82, 2.24) is 10.8 Å².